The van der Waals surface area contributed by atoms with Crippen molar-refractivity contribution in [1.82, 2.24) is 0 Å². The summed E-state index contributed by atoms with van der Waals surface area (Å²) >= 11 is 0. The average Bonchev–Trinajstić information content (AvgIpc) is 3.01. The molecular formula is C23H18N2O4. The summed E-state index contributed by atoms with van der Waals surface area (Å²) in [4.78, 5) is 38.0. The number of Topliss-reactive ketones (excluding diaryl/α,β-unsaturated/α-hetero) is 1. The van der Waals surface area contributed by atoms with Crippen LogP contribution < -0.4 is 4.90 Å². The van der Waals surface area contributed by atoms with Gasteiger partial charge in [-0.3, -0.25) is 19.7 Å². The van der Waals surface area contributed by atoms with E-state index in [-0.39, 0.29) is 23.8 Å². The van der Waals surface area contributed by atoms with Crippen molar-refractivity contribution in [1.29, 1.82) is 0 Å². The van der Waals surface area contributed by atoms with Gasteiger partial charge in [-0.1, -0.05) is 35.9 Å². The molecular weight excluding hydrogens is 368 g/mol. The summed E-state index contributed by atoms with van der Waals surface area (Å²) in [5.41, 5.74) is 3.54. The number of nitro groups is 1. The van der Waals surface area contributed by atoms with Gasteiger partial charge in [0.15, 0.2) is 5.78 Å². The van der Waals surface area contributed by atoms with Crippen LogP contribution in [-0.4, -0.2) is 16.6 Å². The van der Waals surface area contributed by atoms with Gasteiger partial charge in [0.2, 0.25) is 0 Å². The van der Waals surface area contributed by atoms with Gasteiger partial charge in [0.25, 0.3) is 11.6 Å². The molecule has 4 rings (SSSR count). The van der Waals surface area contributed by atoms with Crippen molar-refractivity contribution in [3.05, 3.63) is 105 Å². The smallest absolute Gasteiger partial charge is 0.269 e. The molecule has 0 radical (unpaired) electrons. The van der Waals surface area contributed by atoms with Gasteiger partial charge >= 0.3 is 0 Å². The lowest BCUT2D eigenvalue weighted by molar-refractivity contribution is -0.384. The van der Waals surface area contributed by atoms with Crippen molar-refractivity contribution in [3.63, 3.8) is 0 Å². The normalized spacial score (nSPS) is 15.3. The fraction of sp³-hybridized carbons (Fsp3) is 0.130. The average molecular weight is 386 g/mol. The van der Waals surface area contributed by atoms with Gasteiger partial charge in [0.05, 0.1) is 11.0 Å². The van der Waals surface area contributed by atoms with Gasteiger partial charge in [-0.15, -0.1) is 0 Å². The van der Waals surface area contributed by atoms with Gasteiger partial charge in [0.1, 0.15) is 0 Å². The molecule has 0 N–H and O–H groups in total. The van der Waals surface area contributed by atoms with Crippen LogP contribution in [-0.2, 0) is 0 Å². The second-order valence-corrected chi connectivity index (χ2v) is 7.05. The summed E-state index contributed by atoms with van der Waals surface area (Å²) in [6, 6.07) is 20.1. The van der Waals surface area contributed by atoms with E-state index in [1.54, 1.807) is 11.0 Å². The number of amides is 1. The van der Waals surface area contributed by atoms with Gasteiger partial charge in [0, 0.05) is 35.4 Å². The number of anilines is 1. The van der Waals surface area contributed by atoms with E-state index in [0.717, 1.165) is 16.8 Å². The SMILES string of the molecule is Cc1ccc(N2C(=O)c3ccccc3C2CC(=O)c2ccc([N+](=O)[O-])cc2)cc1. The minimum Gasteiger partial charge on any atom is -0.300 e. The van der Waals surface area contributed by atoms with E-state index in [0.29, 0.717) is 11.1 Å². The fourth-order valence-electron chi connectivity index (χ4n) is 3.66. The van der Waals surface area contributed by atoms with Crippen molar-refractivity contribution in [2.75, 3.05) is 4.90 Å². The van der Waals surface area contributed by atoms with Crippen LogP contribution in [0.5, 0.6) is 0 Å². The number of nitro benzene ring substituents is 1. The van der Waals surface area contributed by atoms with Crippen molar-refractivity contribution in [2.45, 2.75) is 19.4 Å². The fourth-order valence-corrected chi connectivity index (χ4v) is 3.66. The topological polar surface area (TPSA) is 80.5 Å². The van der Waals surface area contributed by atoms with Gasteiger partial charge in [-0.05, 0) is 42.8 Å². The van der Waals surface area contributed by atoms with Crippen molar-refractivity contribution in [2.24, 2.45) is 0 Å². The maximum Gasteiger partial charge on any atom is 0.269 e. The van der Waals surface area contributed by atoms with E-state index < -0.39 is 11.0 Å². The molecule has 0 bridgehead atoms. The summed E-state index contributed by atoms with van der Waals surface area (Å²) in [6.07, 6.45) is 0.0917. The summed E-state index contributed by atoms with van der Waals surface area (Å²) < 4.78 is 0. The molecule has 29 heavy (non-hydrogen) atoms. The molecule has 1 amide bonds. The van der Waals surface area contributed by atoms with Crippen LogP contribution in [0.2, 0.25) is 0 Å². The van der Waals surface area contributed by atoms with E-state index in [2.05, 4.69) is 0 Å². The number of hydrogen-bond donors (Lipinski definition) is 0. The van der Waals surface area contributed by atoms with Crippen LogP contribution in [0.15, 0.2) is 72.8 Å². The zero-order valence-corrected chi connectivity index (χ0v) is 15.7. The molecule has 0 saturated heterocycles. The first-order chi connectivity index (χ1) is 14.0. The van der Waals surface area contributed by atoms with Crippen molar-refractivity contribution >= 4 is 23.1 Å². The van der Waals surface area contributed by atoms with Crippen LogP contribution in [0.1, 0.15) is 44.3 Å². The van der Waals surface area contributed by atoms with E-state index in [9.17, 15) is 19.7 Å². The number of fused-ring (bicyclic) bond motifs is 1. The first-order valence-corrected chi connectivity index (χ1v) is 9.22. The molecule has 1 atom stereocenters. The molecule has 1 unspecified atom stereocenters. The first-order valence-electron chi connectivity index (χ1n) is 9.22. The highest BCUT2D eigenvalue weighted by molar-refractivity contribution is 6.12. The lowest BCUT2D eigenvalue weighted by Gasteiger charge is -2.25. The maximum atomic E-state index is 13.1. The number of carbonyl (C=O) groups excluding carboxylic acids is 2. The molecule has 144 valence electrons. The Kier molecular flexibility index (Phi) is 4.68. The lowest BCUT2D eigenvalue weighted by atomic mass is 9.97. The Morgan fingerprint density at radius 3 is 2.31 bits per heavy atom. The molecule has 6 nitrogen and oxygen atoms in total. The van der Waals surface area contributed by atoms with Gasteiger partial charge < -0.3 is 4.90 Å². The summed E-state index contributed by atoms with van der Waals surface area (Å²) in [5, 5.41) is 10.8. The molecule has 1 aliphatic rings. The van der Waals surface area contributed by atoms with E-state index >= 15 is 0 Å². The summed E-state index contributed by atoms with van der Waals surface area (Å²) in [6.45, 7) is 1.97. The minimum atomic E-state index is -0.501. The third kappa shape index (κ3) is 3.40. The highest BCUT2D eigenvalue weighted by Crippen LogP contribution is 2.40. The number of hydrogen-bond acceptors (Lipinski definition) is 4. The monoisotopic (exact) mass is 386 g/mol. The Morgan fingerprint density at radius 1 is 1.00 bits per heavy atom. The molecule has 0 saturated carbocycles. The molecule has 6 heteroatoms. The second-order valence-electron chi connectivity index (χ2n) is 7.05. The van der Waals surface area contributed by atoms with Crippen LogP contribution in [0.25, 0.3) is 0 Å². The van der Waals surface area contributed by atoms with Crippen LogP contribution in [0, 0.1) is 17.0 Å². The zero-order chi connectivity index (χ0) is 20.5. The molecule has 0 aromatic heterocycles. The van der Waals surface area contributed by atoms with Crippen molar-refractivity contribution in [3.8, 4) is 0 Å². The van der Waals surface area contributed by atoms with E-state index in [1.807, 2.05) is 49.4 Å². The third-order valence-electron chi connectivity index (χ3n) is 5.17. The maximum absolute atomic E-state index is 13.1. The number of nitrogens with zero attached hydrogens (tertiary/aromatic N) is 2. The predicted octanol–water partition coefficient (Wildman–Crippen LogP) is 4.88. The second kappa shape index (κ2) is 7.31. The number of non-ortho nitro benzene ring substituents is 1. The Balaban J connectivity index is 1.68. The molecule has 0 fully saturated rings. The van der Waals surface area contributed by atoms with Gasteiger partial charge in [-0.25, -0.2) is 0 Å². The number of rotatable bonds is 5. The Morgan fingerprint density at radius 2 is 1.66 bits per heavy atom. The van der Waals surface area contributed by atoms with Crippen molar-refractivity contribution < 1.29 is 14.5 Å². The Bertz CT molecular complexity index is 1100. The quantitative estimate of drug-likeness (QED) is 0.356. The van der Waals surface area contributed by atoms with Crippen LogP contribution in [0.4, 0.5) is 11.4 Å². The highest BCUT2D eigenvalue weighted by atomic mass is 16.6. The molecule has 0 aliphatic carbocycles. The summed E-state index contributed by atoms with van der Waals surface area (Å²) in [7, 11) is 0. The number of aryl methyl sites for hydroxylation is 1. The van der Waals surface area contributed by atoms with Gasteiger partial charge in [-0.2, -0.15) is 0 Å². The largest absolute Gasteiger partial charge is 0.300 e. The zero-order valence-electron chi connectivity index (χ0n) is 15.7. The molecule has 3 aromatic rings. The van der Waals surface area contributed by atoms with Crippen LogP contribution in [0.3, 0.4) is 0 Å². The lowest BCUT2D eigenvalue weighted by Crippen LogP contribution is -2.29. The standard InChI is InChI=1S/C23H18N2O4/c1-15-6-10-17(11-7-15)24-21(19-4-2-3-5-20(19)23(24)27)14-22(26)16-8-12-18(13-9-16)25(28)29/h2-13,21H,14H2,1H3. The number of benzene rings is 3. The first kappa shape index (κ1) is 18.6. The predicted molar refractivity (Wildman–Crippen MR) is 109 cm³/mol. The number of carbonyl (C=O) groups is 2. The molecule has 0 spiro atoms. The summed E-state index contributed by atoms with van der Waals surface area (Å²) in [5.74, 6) is -0.308. The van der Waals surface area contributed by atoms with Crippen LogP contribution >= 0.6 is 0 Å². The Labute approximate surface area is 167 Å². The molecule has 1 aliphatic heterocycles. The molecule has 3 aromatic carbocycles. The Hall–Kier alpha value is -3.80. The minimum absolute atomic E-state index is 0.0655. The molecule has 1 heterocycles. The van der Waals surface area contributed by atoms with E-state index in [1.165, 1.54) is 24.3 Å². The highest BCUT2D eigenvalue weighted by Gasteiger charge is 2.38. The van der Waals surface area contributed by atoms with E-state index in [4.69, 9.17) is 0 Å². The number of ketones is 1. The third-order valence-corrected chi connectivity index (χ3v) is 5.17.